The van der Waals surface area contributed by atoms with Crippen molar-refractivity contribution in [3.05, 3.63) is 64.2 Å². The molecule has 2 aromatic carbocycles. The van der Waals surface area contributed by atoms with E-state index in [0.29, 0.717) is 5.69 Å². The molecule has 0 aliphatic carbocycles. The maximum Gasteiger partial charge on any atom is 0.187 e. The Morgan fingerprint density at radius 3 is 2.62 bits per heavy atom. The van der Waals surface area contributed by atoms with Gasteiger partial charge in [0.05, 0.1) is 11.4 Å². The number of hydrogen-bond acceptors (Lipinski definition) is 5. The zero-order valence-corrected chi connectivity index (χ0v) is 14.9. The maximum atomic E-state index is 9.84. The highest BCUT2D eigenvalue weighted by atomic mass is 32.1. The molecule has 24 heavy (non-hydrogen) atoms. The fourth-order valence-electron chi connectivity index (χ4n) is 2.67. The molecule has 0 saturated carbocycles. The van der Waals surface area contributed by atoms with E-state index in [9.17, 15) is 5.11 Å². The molecule has 124 valence electrons. The number of benzene rings is 2. The Labute approximate surface area is 146 Å². The molecule has 0 saturated heterocycles. The van der Waals surface area contributed by atoms with Gasteiger partial charge in [0.2, 0.25) is 0 Å². The molecule has 3 rings (SSSR count). The predicted molar refractivity (Wildman–Crippen MR) is 102 cm³/mol. The van der Waals surface area contributed by atoms with Gasteiger partial charge in [0.1, 0.15) is 5.75 Å². The summed E-state index contributed by atoms with van der Waals surface area (Å²) in [6, 6.07) is 11.6. The number of anilines is 3. The number of hydrogen-bond donors (Lipinski definition) is 3. The summed E-state index contributed by atoms with van der Waals surface area (Å²) in [5.41, 5.74) is 6.64. The molecule has 0 aliphatic heterocycles. The average molecular weight is 339 g/mol. The summed E-state index contributed by atoms with van der Waals surface area (Å²) in [4.78, 5) is 4.64. The number of rotatable bonds is 5. The van der Waals surface area contributed by atoms with E-state index in [2.05, 4.69) is 47.0 Å². The van der Waals surface area contributed by atoms with Crippen molar-refractivity contribution < 1.29 is 5.11 Å². The number of nitrogens with one attached hydrogen (secondary N) is 2. The normalized spacial score (nSPS) is 10.6. The average Bonchev–Trinajstić information content (AvgIpc) is 3.00. The number of para-hydroxylation sites is 2. The van der Waals surface area contributed by atoms with Crippen LogP contribution < -0.4 is 10.6 Å². The second-order valence-corrected chi connectivity index (χ2v) is 6.66. The minimum atomic E-state index is 0.225. The molecular weight excluding hydrogens is 318 g/mol. The minimum absolute atomic E-state index is 0.225. The lowest BCUT2D eigenvalue weighted by Gasteiger charge is -2.11. The summed E-state index contributed by atoms with van der Waals surface area (Å²) in [5.74, 6) is 0.225. The molecule has 3 aromatic rings. The van der Waals surface area contributed by atoms with Gasteiger partial charge in [0.15, 0.2) is 5.13 Å². The Kier molecular flexibility index (Phi) is 4.71. The number of aromatic nitrogens is 1. The second kappa shape index (κ2) is 6.93. The predicted octanol–water partition coefficient (Wildman–Crippen LogP) is 4.84. The van der Waals surface area contributed by atoms with Crippen molar-refractivity contribution in [3.8, 4) is 5.75 Å². The first-order valence-electron chi connectivity index (χ1n) is 7.84. The van der Waals surface area contributed by atoms with Crippen LogP contribution >= 0.6 is 11.3 Å². The smallest absolute Gasteiger partial charge is 0.187 e. The van der Waals surface area contributed by atoms with Crippen molar-refractivity contribution >= 4 is 27.8 Å². The first-order chi connectivity index (χ1) is 11.6. The van der Waals surface area contributed by atoms with Gasteiger partial charge in [-0.3, -0.25) is 0 Å². The van der Waals surface area contributed by atoms with Crippen molar-refractivity contribution in [3.63, 3.8) is 0 Å². The van der Waals surface area contributed by atoms with Gasteiger partial charge in [-0.25, -0.2) is 4.98 Å². The van der Waals surface area contributed by atoms with Gasteiger partial charge in [-0.05, 0) is 48.7 Å². The highest BCUT2D eigenvalue weighted by Crippen LogP contribution is 2.29. The SMILES string of the molecule is CNc1cc(C)c(Cc2csc(Nc3ccccc3O)n2)cc1C. The van der Waals surface area contributed by atoms with Crippen molar-refractivity contribution in [1.29, 1.82) is 0 Å². The number of phenols is 1. The van der Waals surface area contributed by atoms with Gasteiger partial charge in [-0.15, -0.1) is 11.3 Å². The Balaban J connectivity index is 1.77. The van der Waals surface area contributed by atoms with E-state index in [1.165, 1.54) is 16.7 Å². The number of nitrogens with zero attached hydrogens (tertiary/aromatic N) is 1. The third-order valence-corrected chi connectivity index (χ3v) is 4.83. The quantitative estimate of drug-likeness (QED) is 0.582. The highest BCUT2D eigenvalue weighted by Gasteiger charge is 2.09. The third kappa shape index (κ3) is 3.51. The molecule has 3 N–H and O–H groups in total. The van der Waals surface area contributed by atoms with Crippen LogP contribution in [-0.4, -0.2) is 17.1 Å². The lowest BCUT2D eigenvalue weighted by atomic mass is 10.00. The van der Waals surface area contributed by atoms with Crippen molar-refractivity contribution in [1.82, 2.24) is 4.98 Å². The summed E-state index contributed by atoms with van der Waals surface area (Å²) >= 11 is 1.54. The molecule has 0 bridgehead atoms. The molecule has 5 heteroatoms. The van der Waals surface area contributed by atoms with Crippen LogP contribution in [0, 0.1) is 13.8 Å². The van der Waals surface area contributed by atoms with E-state index < -0.39 is 0 Å². The van der Waals surface area contributed by atoms with Gasteiger partial charge in [-0.2, -0.15) is 0 Å². The molecule has 0 aliphatic rings. The molecule has 0 unspecified atom stereocenters. The number of thiazole rings is 1. The Hall–Kier alpha value is -2.53. The van der Waals surface area contributed by atoms with Crippen LogP contribution in [-0.2, 0) is 6.42 Å². The van der Waals surface area contributed by atoms with Crippen LogP contribution in [0.3, 0.4) is 0 Å². The van der Waals surface area contributed by atoms with Gasteiger partial charge in [0.25, 0.3) is 0 Å². The number of aryl methyl sites for hydroxylation is 2. The van der Waals surface area contributed by atoms with Gasteiger partial charge >= 0.3 is 0 Å². The summed E-state index contributed by atoms with van der Waals surface area (Å²) in [5, 5.41) is 19.1. The van der Waals surface area contributed by atoms with E-state index in [-0.39, 0.29) is 5.75 Å². The third-order valence-electron chi connectivity index (χ3n) is 4.02. The van der Waals surface area contributed by atoms with Crippen molar-refractivity contribution in [2.75, 3.05) is 17.7 Å². The molecule has 1 aromatic heterocycles. The van der Waals surface area contributed by atoms with Crippen molar-refractivity contribution in [2.24, 2.45) is 0 Å². The van der Waals surface area contributed by atoms with Crippen LogP contribution in [0.5, 0.6) is 5.75 Å². The van der Waals surface area contributed by atoms with Gasteiger partial charge < -0.3 is 15.7 Å². The lowest BCUT2D eigenvalue weighted by Crippen LogP contribution is -1.98. The van der Waals surface area contributed by atoms with E-state index in [1.54, 1.807) is 23.5 Å². The van der Waals surface area contributed by atoms with Crippen LogP contribution in [0.4, 0.5) is 16.5 Å². The summed E-state index contributed by atoms with van der Waals surface area (Å²) in [6.07, 6.45) is 0.801. The molecule has 0 atom stereocenters. The summed E-state index contributed by atoms with van der Waals surface area (Å²) in [6.45, 7) is 4.24. The van der Waals surface area contributed by atoms with E-state index in [4.69, 9.17) is 0 Å². The van der Waals surface area contributed by atoms with Crippen LogP contribution in [0.1, 0.15) is 22.4 Å². The van der Waals surface area contributed by atoms with Crippen molar-refractivity contribution in [2.45, 2.75) is 20.3 Å². The van der Waals surface area contributed by atoms with E-state index in [1.807, 2.05) is 19.2 Å². The molecule has 1 heterocycles. The monoisotopic (exact) mass is 339 g/mol. The van der Waals surface area contributed by atoms with Crippen LogP contribution in [0.25, 0.3) is 0 Å². The summed E-state index contributed by atoms with van der Waals surface area (Å²) < 4.78 is 0. The first-order valence-corrected chi connectivity index (χ1v) is 8.72. The number of aromatic hydroxyl groups is 1. The molecule has 0 fully saturated rings. The van der Waals surface area contributed by atoms with E-state index in [0.717, 1.165) is 22.9 Å². The Morgan fingerprint density at radius 1 is 1.08 bits per heavy atom. The summed E-state index contributed by atoms with van der Waals surface area (Å²) in [7, 11) is 1.94. The molecule has 4 nitrogen and oxygen atoms in total. The van der Waals surface area contributed by atoms with E-state index >= 15 is 0 Å². The fourth-order valence-corrected chi connectivity index (χ4v) is 3.39. The van der Waals surface area contributed by atoms with Gasteiger partial charge in [0, 0.05) is 24.5 Å². The Morgan fingerprint density at radius 2 is 1.88 bits per heavy atom. The van der Waals surface area contributed by atoms with Crippen LogP contribution in [0.2, 0.25) is 0 Å². The topological polar surface area (TPSA) is 57.2 Å². The zero-order valence-electron chi connectivity index (χ0n) is 14.1. The molecule has 0 spiro atoms. The minimum Gasteiger partial charge on any atom is -0.506 e. The zero-order chi connectivity index (χ0) is 17.1. The fraction of sp³-hybridized carbons (Fsp3) is 0.211. The van der Waals surface area contributed by atoms with Crippen LogP contribution in [0.15, 0.2) is 41.8 Å². The maximum absolute atomic E-state index is 9.84. The Bertz CT molecular complexity index is 858. The molecule has 0 amide bonds. The standard InChI is InChI=1S/C19H21N3OS/c1-12-9-17(20-3)13(2)8-14(12)10-15-11-24-19(21-15)22-16-6-4-5-7-18(16)23/h4-9,11,20,23H,10H2,1-3H3,(H,21,22). The molecular formula is C19H21N3OS. The second-order valence-electron chi connectivity index (χ2n) is 5.81. The van der Waals surface area contributed by atoms with Gasteiger partial charge in [-0.1, -0.05) is 18.2 Å². The highest BCUT2D eigenvalue weighted by molar-refractivity contribution is 7.13. The molecule has 0 radical (unpaired) electrons. The lowest BCUT2D eigenvalue weighted by molar-refractivity contribution is 0.478. The largest absolute Gasteiger partial charge is 0.506 e. The first kappa shape index (κ1) is 16.3. The number of phenolic OH excluding ortho intramolecular Hbond substituents is 1.